The number of alkyl halides is 3. The van der Waals surface area contributed by atoms with Gasteiger partial charge in [0.15, 0.2) is 0 Å². The maximum Gasteiger partial charge on any atom is 0.470 e. The second-order valence-corrected chi connectivity index (χ2v) is 5.56. The lowest BCUT2D eigenvalue weighted by Gasteiger charge is -2.31. The molecule has 1 fully saturated rings. The zero-order chi connectivity index (χ0) is 17.0. The molecule has 0 aromatic carbocycles. The molecule has 0 radical (unpaired) electrons. The summed E-state index contributed by atoms with van der Waals surface area (Å²) in [4.78, 5) is 15.8. The lowest BCUT2D eigenvalue weighted by molar-refractivity contribution is -0.157. The first-order chi connectivity index (χ1) is 10.8. The third-order valence-corrected chi connectivity index (χ3v) is 4.09. The molecule has 0 unspecified atom stereocenters. The van der Waals surface area contributed by atoms with Crippen LogP contribution in [0.25, 0.3) is 0 Å². The highest BCUT2D eigenvalue weighted by atomic mass is 19.4. The molecule has 0 saturated carbocycles. The van der Waals surface area contributed by atoms with Gasteiger partial charge in [-0.15, -0.1) is 10.2 Å². The van der Waals surface area contributed by atoms with Crippen molar-refractivity contribution in [1.29, 1.82) is 0 Å². The third-order valence-electron chi connectivity index (χ3n) is 4.09. The first-order valence-electron chi connectivity index (χ1n) is 7.75. The Bertz CT molecular complexity index is 520. The number of carbonyl (C=O) groups excluding carboxylic acids is 1. The van der Waals surface area contributed by atoms with Gasteiger partial charge in [-0.1, -0.05) is 0 Å². The van der Waals surface area contributed by atoms with Gasteiger partial charge in [-0.25, -0.2) is 0 Å². The molecule has 1 amide bonds. The molecule has 1 aliphatic rings. The van der Waals surface area contributed by atoms with E-state index in [0.29, 0.717) is 45.6 Å². The second kappa shape index (κ2) is 7.29. The van der Waals surface area contributed by atoms with Crippen LogP contribution in [-0.4, -0.2) is 58.6 Å². The number of amides is 1. The Hall–Kier alpha value is -1.64. The minimum absolute atomic E-state index is 0.0343. The van der Waals surface area contributed by atoms with E-state index in [0.717, 1.165) is 0 Å². The van der Waals surface area contributed by atoms with Crippen LogP contribution in [0, 0.1) is 0 Å². The lowest BCUT2D eigenvalue weighted by atomic mass is 9.97. The van der Waals surface area contributed by atoms with E-state index in [-0.39, 0.29) is 17.7 Å². The Morgan fingerprint density at radius 2 is 1.87 bits per heavy atom. The third kappa shape index (κ3) is 4.43. The van der Waals surface area contributed by atoms with Crippen LogP contribution in [0.3, 0.4) is 0 Å². The van der Waals surface area contributed by atoms with E-state index in [4.69, 9.17) is 4.42 Å². The van der Waals surface area contributed by atoms with Crippen molar-refractivity contribution in [2.75, 3.05) is 32.7 Å². The molecule has 0 bridgehead atoms. The Morgan fingerprint density at radius 3 is 2.35 bits per heavy atom. The molecule has 130 valence electrons. The molecule has 1 aromatic heterocycles. The summed E-state index contributed by atoms with van der Waals surface area (Å²) in [6.07, 6.45) is -3.40. The molecule has 0 N–H and O–H groups in total. The SMILES string of the molecule is CCN(CC)C(=O)CN1CCC(c2nnc(C(F)(F)F)o2)CC1. The maximum absolute atomic E-state index is 12.5. The average Bonchev–Trinajstić information content (AvgIpc) is 2.99. The van der Waals surface area contributed by atoms with E-state index in [1.54, 1.807) is 4.90 Å². The predicted octanol–water partition coefficient (Wildman–Crippen LogP) is 2.14. The number of likely N-dealkylation sites (tertiary alicyclic amines) is 1. The minimum atomic E-state index is -4.61. The van der Waals surface area contributed by atoms with Gasteiger partial charge in [0, 0.05) is 19.0 Å². The van der Waals surface area contributed by atoms with Crippen molar-refractivity contribution in [2.45, 2.75) is 38.8 Å². The molecule has 0 spiro atoms. The smallest absolute Gasteiger partial charge is 0.417 e. The van der Waals surface area contributed by atoms with Crippen LogP contribution in [-0.2, 0) is 11.0 Å². The molecule has 1 aromatic rings. The number of carbonyl (C=O) groups is 1. The van der Waals surface area contributed by atoms with Crippen molar-refractivity contribution in [3.63, 3.8) is 0 Å². The van der Waals surface area contributed by atoms with Crippen LogP contribution < -0.4 is 0 Å². The summed E-state index contributed by atoms with van der Waals surface area (Å²) in [7, 11) is 0. The number of aromatic nitrogens is 2. The summed E-state index contributed by atoms with van der Waals surface area (Å²) in [6, 6.07) is 0. The molecule has 6 nitrogen and oxygen atoms in total. The van der Waals surface area contributed by atoms with Gasteiger partial charge in [-0.05, 0) is 39.8 Å². The van der Waals surface area contributed by atoms with Crippen LogP contribution in [0.1, 0.15) is 44.4 Å². The summed E-state index contributed by atoms with van der Waals surface area (Å²) in [5.41, 5.74) is 0. The number of piperidine rings is 1. The molecular formula is C14H21F3N4O2. The largest absolute Gasteiger partial charge is 0.470 e. The van der Waals surface area contributed by atoms with Gasteiger partial charge in [-0.2, -0.15) is 13.2 Å². The van der Waals surface area contributed by atoms with Gasteiger partial charge in [0.25, 0.3) is 0 Å². The monoisotopic (exact) mass is 334 g/mol. The number of hydrogen-bond donors (Lipinski definition) is 0. The van der Waals surface area contributed by atoms with Crippen LogP contribution in [0.2, 0.25) is 0 Å². The van der Waals surface area contributed by atoms with Crippen molar-refractivity contribution < 1.29 is 22.4 Å². The molecule has 1 aliphatic heterocycles. The zero-order valence-electron chi connectivity index (χ0n) is 13.3. The first-order valence-corrected chi connectivity index (χ1v) is 7.75. The summed E-state index contributed by atoms with van der Waals surface area (Å²) >= 11 is 0. The van der Waals surface area contributed by atoms with Gasteiger partial charge in [0.1, 0.15) is 0 Å². The molecule has 2 rings (SSSR count). The highest BCUT2D eigenvalue weighted by Gasteiger charge is 2.39. The molecule has 0 aliphatic carbocycles. The fourth-order valence-electron chi connectivity index (χ4n) is 2.72. The van der Waals surface area contributed by atoms with Gasteiger partial charge in [0.2, 0.25) is 11.8 Å². The Morgan fingerprint density at radius 1 is 1.26 bits per heavy atom. The van der Waals surface area contributed by atoms with Crippen LogP contribution in [0.5, 0.6) is 0 Å². The normalized spacial score (nSPS) is 17.4. The van der Waals surface area contributed by atoms with Crippen molar-refractivity contribution in [3.8, 4) is 0 Å². The fraction of sp³-hybridized carbons (Fsp3) is 0.786. The number of likely N-dealkylation sites (N-methyl/N-ethyl adjacent to an activating group) is 1. The standard InChI is InChI=1S/C14H21F3N4O2/c1-3-21(4-2)11(22)9-20-7-5-10(6-8-20)12-18-19-13(23-12)14(15,16)17/h10H,3-9H2,1-2H3. The predicted molar refractivity (Wildman–Crippen MR) is 75.6 cm³/mol. The fourth-order valence-corrected chi connectivity index (χ4v) is 2.72. The Balaban J connectivity index is 1.86. The Labute approximate surface area is 132 Å². The molecule has 23 heavy (non-hydrogen) atoms. The first kappa shape index (κ1) is 17.7. The van der Waals surface area contributed by atoms with Crippen molar-refractivity contribution in [1.82, 2.24) is 20.0 Å². The maximum atomic E-state index is 12.5. The van der Waals surface area contributed by atoms with Gasteiger partial charge in [0.05, 0.1) is 6.54 Å². The van der Waals surface area contributed by atoms with E-state index in [9.17, 15) is 18.0 Å². The average molecular weight is 334 g/mol. The van der Waals surface area contributed by atoms with Crippen LogP contribution >= 0.6 is 0 Å². The van der Waals surface area contributed by atoms with Crippen molar-refractivity contribution in [3.05, 3.63) is 11.8 Å². The van der Waals surface area contributed by atoms with E-state index in [1.807, 2.05) is 18.7 Å². The van der Waals surface area contributed by atoms with Crippen LogP contribution in [0.4, 0.5) is 13.2 Å². The van der Waals surface area contributed by atoms with Gasteiger partial charge < -0.3 is 9.32 Å². The van der Waals surface area contributed by atoms with Gasteiger partial charge in [-0.3, -0.25) is 9.69 Å². The van der Waals surface area contributed by atoms with Crippen LogP contribution in [0.15, 0.2) is 4.42 Å². The number of nitrogens with zero attached hydrogens (tertiary/aromatic N) is 4. The number of hydrogen-bond acceptors (Lipinski definition) is 5. The molecule has 1 saturated heterocycles. The van der Waals surface area contributed by atoms with Gasteiger partial charge >= 0.3 is 12.1 Å². The highest BCUT2D eigenvalue weighted by Crippen LogP contribution is 2.32. The summed E-state index contributed by atoms with van der Waals surface area (Å²) < 4.78 is 42.1. The summed E-state index contributed by atoms with van der Waals surface area (Å²) in [5.74, 6) is -1.37. The summed E-state index contributed by atoms with van der Waals surface area (Å²) in [6.45, 7) is 6.81. The quantitative estimate of drug-likeness (QED) is 0.825. The second-order valence-electron chi connectivity index (χ2n) is 5.56. The highest BCUT2D eigenvalue weighted by molar-refractivity contribution is 5.78. The molecular weight excluding hydrogens is 313 g/mol. The summed E-state index contributed by atoms with van der Waals surface area (Å²) in [5, 5.41) is 6.58. The van der Waals surface area contributed by atoms with Crippen molar-refractivity contribution >= 4 is 5.91 Å². The number of halogens is 3. The van der Waals surface area contributed by atoms with E-state index >= 15 is 0 Å². The zero-order valence-corrected chi connectivity index (χ0v) is 13.3. The van der Waals surface area contributed by atoms with E-state index in [1.165, 1.54) is 0 Å². The molecule has 0 atom stereocenters. The molecule has 9 heteroatoms. The number of rotatable bonds is 5. The van der Waals surface area contributed by atoms with E-state index in [2.05, 4.69) is 10.2 Å². The lowest BCUT2D eigenvalue weighted by Crippen LogP contribution is -2.43. The van der Waals surface area contributed by atoms with Crippen molar-refractivity contribution in [2.24, 2.45) is 0 Å². The minimum Gasteiger partial charge on any atom is -0.417 e. The topological polar surface area (TPSA) is 62.5 Å². The Kier molecular flexibility index (Phi) is 5.61. The molecule has 2 heterocycles. The van der Waals surface area contributed by atoms with E-state index < -0.39 is 12.1 Å².